The van der Waals surface area contributed by atoms with E-state index < -0.39 is 5.41 Å². The number of nitrogens with zero attached hydrogens (tertiary/aromatic N) is 2. The van der Waals surface area contributed by atoms with Crippen LogP contribution in [0.1, 0.15) is 44.6 Å². The number of aryl methyl sites for hydroxylation is 1. The Hall–Kier alpha value is -1.16. The van der Waals surface area contributed by atoms with Gasteiger partial charge < -0.3 is 5.11 Å². The van der Waals surface area contributed by atoms with E-state index >= 15 is 0 Å². The molecule has 4 heteroatoms. The Kier molecular flexibility index (Phi) is 3.86. The summed E-state index contributed by atoms with van der Waals surface area (Å²) in [6, 6.07) is 1.73. The van der Waals surface area contributed by atoms with E-state index in [0.29, 0.717) is 18.7 Å². The number of hydrogen-bond acceptors (Lipinski definition) is 3. The first-order chi connectivity index (χ1) is 7.32. The predicted molar refractivity (Wildman–Crippen MR) is 62.3 cm³/mol. The SMILES string of the molecule is CC(O)CCn1nccc1C(=O)C(C)(C)C. The molecule has 1 atom stereocenters. The van der Waals surface area contributed by atoms with Crippen molar-refractivity contribution in [1.29, 1.82) is 0 Å². The second kappa shape index (κ2) is 4.78. The summed E-state index contributed by atoms with van der Waals surface area (Å²) in [5.41, 5.74) is 0.218. The number of aliphatic hydroxyl groups excluding tert-OH is 1. The minimum Gasteiger partial charge on any atom is -0.393 e. The lowest BCUT2D eigenvalue weighted by Crippen LogP contribution is -2.24. The van der Waals surface area contributed by atoms with Gasteiger partial charge in [-0.05, 0) is 19.4 Å². The third kappa shape index (κ3) is 3.17. The lowest BCUT2D eigenvalue weighted by molar-refractivity contribution is 0.0844. The average molecular weight is 224 g/mol. The third-order valence-corrected chi connectivity index (χ3v) is 2.39. The van der Waals surface area contributed by atoms with Crippen LogP contribution < -0.4 is 0 Å². The minimum atomic E-state index is -0.400. The highest BCUT2D eigenvalue weighted by molar-refractivity contribution is 5.98. The van der Waals surface area contributed by atoms with E-state index in [4.69, 9.17) is 0 Å². The summed E-state index contributed by atoms with van der Waals surface area (Å²) < 4.78 is 1.67. The van der Waals surface area contributed by atoms with Gasteiger partial charge in [-0.25, -0.2) is 0 Å². The molecule has 0 fully saturated rings. The Balaban J connectivity index is 2.82. The van der Waals surface area contributed by atoms with Gasteiger partial charge in [0.25, 0.3) is 0 Å². The van der Waals surface area contributed by atoms with E-state index in [0.717, 1.165) is 0 Å². The molecule has 1 aromatic rings. The highest BCUT2D eigenvalue weighted by atomic mass is 16.3. The van der Waals surface area contributed by atoms with E-state index in [9.17, 15) is 9.90 Å². The van der Waals surface area contributed by atoms with Crippen molar-refractivity contribution >= 4 is 5.78 Å². The molecule has 0 aliphatic carbocycles. The number of aliphatic hydroxyl groups is 1. The molecular weight excluding hydrogens is 204 g/mol. The monoisotopic (exact) mass is 224 g/mol. The molecule has 0 bridgehead atoms. The summed E-state index contributed by atoms with van der Waals surface area (Å²) in [5.74, 6) is 0.0793. The summed E-state index contributed by atoms with van der Waals surface area (Å²) in [6.45, 7) is 7.97. The first-order valence-electron chi connectivity index (χ1n) is 5.57. The van der Waals surface area contributed by atoms with E-state index in [-0.39, 0.29) is 11.9 Å². The van der Waals surface area contributed by atoms with Crippen LogP contribution in [0.4, 0.5) is 0 Å². The first kappa shape index (κ1) is 12.9. The van der Waals surface area contributed by atoms with Gasteiger partial charge in [-0.1, -0.05) is 20.8 Å². The zero-order chi connectivity index (χ0) is 12.3. The van der Waals surface area contributed by atoms with Crippen molar-refractivity contribution in [3.8, 4) is 0 Å². The van der Waals surface area contributed by atoms with Gasteiger partial charge in [0.15, 0.2) is 5.78 Å². The van der Waals surface area contributed by atoms with Gasteiger partial charge in [0.05, 0.1) is 6.10 Å². The number of carbonyl (C=O) groups excluding carboxylic acids is 1. The topological polar surface area (TPSA) is 55.1 Å². The molecule has 1 heterocycles. The van der Waals surface area contributed by atoms with Crippen LogP contribution in [0.5, 0.6) is 0 Å². The zero-order valence-corrected chi connectivity index (χ0v) is 10.4. The molecule has 1 rings (SSSR count). The van der Waals surface area contributed by atoms with Crippen molar-refractivity contribution in [2.45, 2.75) is 46.8 Å². The summed E-state index contributed by atoms with van der Waals surface area (Å²) in [7, 11) is 0. The Morgan fingerprint density at radius 2 is 2.19 bits per heavy atom. The molecule has 0 saturated heterocycles. The fourth-order valence-corrected chi connectivity index (χ4v) is 1.40. The van der Waals surface area contributed by atoms with Crippen molar-refractivity contribution in [2.24, 2.45) is 5.41 Å². The van der Waals surface area contributed by atoms with Gasteiger partial charge in [-0.3, -0.25) is 9.48 Å². The molecule has 1 unspecified atom stereocenters. The molecular formula is C12H20N2O2. The highest BCUT2D eigenvalue weighted by Gasteiger charge is 2.25. The molecule has 1 N–H and O–H groups in total. The number of aromatic nitrogens is 2. The van der Waals surface area contributed by atoms with Gasteiger partial charge in [0.2, 0.25) is 0 Å². The van der Waals surface area contributed by atoms with Crippen LogP contribution in [0.15, 0.2) is 12.3 Å². The molecule has 0 aromatic carbocycles. The van der Waals surface area contributed by atoms with E-state index in [2.05, 4.69) is 5.10 Å². The lowest BCUT2D eigenvalue weighted by atomic mass is 9.89. The second-order valence-corrected chi connectivity index (χ2v) is 5.16. The molecule has 0 saturated carbocycles. The summed E-state index contributed by atoms with van der Waals surface area (Å²) in [5, 5.41) is 13.3. The Morgan fingerprint density at radius 1 is 1.56 bits per heavy atom. The van der Waals surface area contributed by atoms with E-state index in [1.54, 1.807) is 23.9 Å². The van der Waals surface area contributed by atoms with Crippen LogP contribution in [-0.4, -0.2) is 26.8 Å². The Labute approximate surface area is 96.3 Å². The minimum absolute atomic E-state index is 0.0793. The van der Waals surface area contributed by atoms with Crippen molar-refractivity contribution in [3.63, 3.8) is 0 Å². The largest absolute Gasteiger partial charge is 0.393 e. The summed E-state index contributed by atoms with van der Waals surface area (Å²) in [6.07, 6.45) is 1.86. The van der Waals surface area contributed by atoms with Crippen LogP contribution in [0.25, 0.3) is 0 Å². The maximum absolute atomic E-state index is 12.1. The maximum atomic E-state index is 12.1. The normalized spacial score (nSPS) is 13.8. The molecule has 0 aliphatic rings. The number of ketones is 1. The van der Waals surface area contributed by atoms with E-state index in [1.165, 1.54) is 0 Å². The number of rotatable bonds is 4. The molecule has 4 nitrogen and oxygen atoms in total. The van der Waals surface area contributed by atoms with E-state index in [1.807, 2.05) is 20.8 Å². The van der Waals surface area contributed by atoms with Crippen LogP contribution in [-0.2, 0) is 6.54 Å². The van der Waals surface area contributed by atoms with Crippen molar-refractivity contribution in [2.75, 3.05) is 0 Å². The van der Waals surface area contributed by atoms with Gasteiger partial charge in [-0.15, -0.1) is 0 Å². The standard InChI is InChI=1S/C12H20N2O2/c1-9(15)6-8-14-10(5-7-13-14)11(16)12(2,3)4/h5,7,9,15H,6,8H2,1-4H3. The van der Waals surface area contributed by atoms with Gasteiger partial charge >= 0.3 is 0 Å². The predicted octanol–water partition coefficient (Wildman–Crippen LogP) is 1.88. The Morgan fingerprint density at radius 3 is 2.69 bits per heavy atom. The third-order valence-electron chi connectivity index (χ3n) is 2.39. The fourth-order valence-electron chi connectivity index (χ4n) is 1.40. The van der Waals surface area contributed by atoms with Crippen LogP contribution >= 0.6 is 0 Å². The molecule has 0 aliphatic heterocycles. The molecule has 16 heavy (non-hydrogen) atoms. The smallest absolute Gasteiger partial charge is 0.186 e. The number of Topliss-reactive ketones (excluding diaryl/α,β-unsaturated/α-hetero) is 1. The first-order valence-corrected chi connectivity index (χ1v) is 5.57. The maximum Gasteiger partial charge on any atom is 0.186 e. The van der Waals surface area contributed by atoms with Crippen molar-refractivity contribution in [3.05, 3.63) is 18.0 Å². The van der Waals surface area contributed by atoms with Crippen LogP contribution in [0.2, 0.25) is 0 Å². The van der Waals surface area contributed by atoms with Crippen molar-refractivity contribution in [1.82, 2.24) is 9.78 Å². The van der Waals surface area contributed by atoms with Gasteiger partial charge in [0.1, 0.15) is 5.69 Å². The molecule has 0 spiro atoms. The zero-order valence-electron chi connectivity index (χ0n) is 10.4. The molecule has 90 valence electrons. The average Bonchev–Trinajstić information content (AvgIpc) is 2.59. The molecule has 0 amide bonds. The fraction of sp³-hybridized carbons (Fsp3) is 0.667. The highest BCUT2D eigenvalue weighted by Crippen LogP contribution is 2.20. The van der Waals surface area contributed by atoms with Crippen LogP contribution in [0, 0.1) is 5.41 Å². The lowest BCUT2D eigenvalue weighted by Gasteiger charge is -2.17. The van der Waals surface area contributed by atoms with Gasteiger partial charge in [-0.2, -0.15) is 5.10 Å². The Bertz CT molecular complexity index is 361. The summed E-state index contributed by atoms with van der Waals surface area (Å²) in [4.78, 5) is 12.1. The van der Waals surface area contributed by atoms with Gasteiger partial charge in [0, 0.05) is 18.2 Å². The quantitative estimate of drug-likeness (QED) is 0.794. The van der Waals surface area contributed by atoms with Crippen molar-refractivity contribution < 1.29 is 9.90 Å². The summed E-state index contributed by atoms with van der Waals surface area (Å²) >= 11 is 0. The number of carbonyl (C=O) groups is 1. The van der Waals surface area contributed by atoms with Crippen LogP contribution in [0.3, 0.4) is 0 Å². The molecule has 0 radical (unpaired) electrons. The molecule has 1 aromatic heterocycles. The second-order valence-electron chi connectivity index (χ2n) is 5.16. The number of hydrogen-bond donors (Lipinski definition) is 1.